The van der Waals surface area contributed by atoms with Crippen molar-refractivity contribution in [3.63, 3.8) is 0 Å². The molecule has 0 saturated carbocycles. The van der Waals surface area contributed by atoms with Gasteiger partial charge in [0.15, 0.2) is 0 Å². The van der Waals surface area contributed by atoms with Crippen molar-refractivity contribution >= 4 is 28.3 Å². The highest BCUT2D eigenvalue weighted by molar-refractivity contribution is 7.89. The monoisotopic (exact) mass is 469 g/mol. The number of piperazine rings is 1. The maximum Gasteiger partial charge on any atom is 0.251 e. The van der Waals surface area contributed by atoms with Crippen molar-refractivity contribution in [2.75, 3.05) is 53.5 Å². The predicted octanol–water partition coefficient (Wildman–Crippen LogP) is 1.86. The zero-order valence-electron chi connectivity index (χ0n) is 17.6. The maximum absolute atomic E-state index is 12.8. The molecule has 1 N–H and O–H groups in total. The van der Waals surface area contributed by atoms with Crippen LogP contribution in [-0.4, -0.2) is 77.0 Å². The molecule has 31 heavy (non-hydrogen) atoms. The molecule has 10 heteroatoms. The van der Waals surface area contributed by atoms with Crippen molar-refractivity contribution in [2.24, 2.45) is 0 Å². The first-order valence-electron chi connectivity index (χ1n) is 9.73. The fraction of sp³-hybridized carbons (Fsp3) is 0.381. The minimum absolute atomic E-state index is 0. The lowest BCUT2D eigenvalue weighted by Crippen LogP contribution is -2.50. The number of ether oxygens (including phenoxy) is 2. The third-order valence-corrected chi connectivity index (χ3v) is 7.01. The van der Waals surface area contributed by atoms with E-state index in [2.05, 4.69) is 10.2 Å². The van der Waals surface area contributed by atoms with Crippen LogP contribution in [0.25, 0.3) is 0 Å². The Labute approximate surface area is 189 Å². The molecule has 1 amide bonds. The lowest BCUT2D eigenvalue weighted by atomic mass is 10.2. The topological polar surface area (TPSA) is 88.2 Å². The molecule has 1 fully saturated rings. The third kappa shape index (κ3) is 6.33. The lowest BCUT2D eigenvalue weighted by Gasteiger charge is -2.34. The summed E-state index contributed by atoms with van der Waals surface area (Å²) < 4.78 is 37.3. The molecule has 0 unspecified atom stereocenters. The number of amides is 1. The number of carbonyl (C=O) groups is 1. The Hall–Kier alpha value is -2.33. The molecule has 0 bridgehead atoms. The molecule has 1 aliphatic heterocycles. The molecule has 0 aliphatic carbocycles. The number of sulfonamides is 1. The van der Waals surface area contributed by atoms with E-state index in [0.29, 0.717) is 56.3 Å². The van der Waals surface area contributed by atoms with Gasteiger partial charge in [-0.2, -0.15) is 4.31 Å². The molecule has 8 nitrogen and oxygen atoms in total. The largest absolute Gasteiger partial charge is 0.497 e. The highest BCUT2D eigenvalue weighted by Gasteiger charge is 2.28. The van der Waals surface area contributed by atoms with Crippen molar-refractivity contribution in [3.8, 4) is 11.5 Å². The smallest absolute Gasteiger partial charge is 0.251 e. The van der Waals surface area contributed by atoms with Crippen LogP contribution in [0.2, 0.25) is 0 Å². The molecule has 1 aliphatic rings. The van der Waals surface area contributed by atoms with Crippen molar-refractivity contribution in [2.45, 2.75) is 4.90 Å². The number of benzene rings is 2. The van der Waals surface area contributed by atoms with Gasteiger partial charge in [0.25, 0.3) is 5.91 Å². The van der Waals surface area contributed by atoms with Gasteiger partial charge in [-0.05, 0) is 48.5 Å². The number of hydrogen-bond acceptors (Lipinski definition) is 6. The number of hydrogen-bond donors (Lipinski definition) is 1. The Balaban J connectivity index is 0.00000341. The first kappa shape index (κ1) is 24.9. The highest BCUT2D eigenvalue weighted by Crippen LogP contribution is 2.20. The van der Waals surface area contributed by atoms with Crippen molar-refractivity contribution in [1.29, 1.82) is 0 Å². The van der Waals surface area contributed by atoms with Crippen LogP contribution >= 0.6 is 12.4 Å². The van der Waals surface area contributed by atoms with Crippen molar-refractivity contribution in [1.82, 2.24) is 14.5 Å². The molecule has 0 atom stereocenters. The highest BCUT2D eigenvalue weighted by atomic mass is 35.5. The van der Waals surface area contributed by atoms with E-state index < -0.39 is 10.0 Å². The van der Waals surface area contributed by atoms with Gasteiger partial charge in [0, 0.05) is 44.8 Å². The average Bonchev–Trinajstić information content (AvgIpc) is 2.79. The van der Waals surface area contributed by atoms with Crippen molar-refractivity contribution in [3.05, 3.63) is 54.1 Å². The molecular weight excluding hydrogens is 442 g/mol. The zero-order chi connectivity index (χ0) is 21.6. The van der Waals surface area contributed by atoms with Crippen LogP contribution in [0.4, 0.5) is 0 Å². The molecule has 3 rings (SSSR count). The lowest BCUT2D eigenvalue weighted by molar-refractivity contribution is 0.0945. The SMILES string of the molecule is COc1ccc(C(=O)NCCN2CCN(S(=O)(=O)c3ccc(OC)cc3)CC2)cc1.Cl. The Morgan fingerprint density at radius 2 is 1.42 bits per heavy atom. The summed E-state index contributed by atoms with van der Waals surface area (Å²) in [6.45, 7) is 3.23. The van der Waals surface area contributed by atoms with Crippen LogP contribution in [0.1, 0.15) is 10.4 Å². The van der Waals surface area contributed by atoms with Gasteiger partial charge in [0.1, 0.15) is 11.5 Å². The second-order valence-corrected chi connectivity index (χ2v) is 8.84. The van der Waals surface area contributed by atoms with Gasteiger partial charge in [-0.3, -0.25) is 9.69 Å². The summed E-state index contributed by atoms with van der Waals surface area (Å²) in [5.41, 5.74) is 0.575. The van der Waals surface area contributed by atoms with Gasteiger partial charge >= 0.3 is 0 Å². The summed E-state index contributed by atoms with van der Waals surface area (Å²) in [5, 5.41) is 2.90. The number of rotatable bonds is 8. The van der Waals surface area contributed by atoms with E-state index in [1.54, 1.807) is 62.8 Å². The van der Waals surface area contributed by atoms with Gasteiger partial charge in [-0.15, -0.1) is 12.4 Å². The summed E-state index contributed by atoms with van der Waals surface area (Å²) >= 11 is 0. The summed E-state index contributed by atoms with van der Waals surface area (Å²) in [5.74, 6) is 1.18. The molecular formula is C21H28ClN3O5S. The van der Waals surface area contributed by atoms with E-state index in [4.69, 9.17) is 9.47 Å². The first-order chi connectivity index (χ1) is 14.4. The summed E-state index contributed by atoms with van der Waals surface area (Å²) in [6.07, 6.45) is 0. The van der Waals surface area contributed by atoms with Gasteiger partial charge in [0.2, 0.25) is 10.0 Å². The van der Waals surface area contributed by atoms with Crippen molar-refractivity contribution < 1.29 is 22.7 Å². The van der Waals surface area contributed by atoms with Gasteiger partial charge < -0.3 is 14.8 Å². The molecule has 0 radical (unpaired) electrons. The zero-order valence-corrected chi connectivity index (χ0v) is 19.2. The Morgan fingerprint density at radius 1 is 0.903 bits per heavy atom. The van der Waals surface area contributed by atoms with E-state index in [1.165, 1.54) is 4.31 Å². The summed E-state index contributed by atoms with van der Waals surface area (Å²) in [6, 6.07) is 13.4. The molecule has 0 aromatic heterocycles. The Morgan fingerprint density at radius 3 is 1.94 bits per heavy atom. The second kappa shape index (κ2) is 11.3. The van der Waals surface area contributed by atoms with E-state index in [1.807, 2.05) is 0 Å². The molecule has 2 aromatic carbocycles. The van der Waals surface area contributed by atoms with E-state index in [9.17, 15) is 13.2 Å². The number of carbonyl (C=O) groups excluding carboxylic acids is 1. The van der Waals surface area contributed by atoms with Crippen LogP contribution in [0, 0.1) is 0 Å². The summed E-state index contributed by atoms with van der Waals surface area (Å²) in [7, 11) is -0.391. The van der Waals surface area contributed by atoms with Gasteiger partial charge in [-0.25, -0.2) is 8.42 Å². The van der Waals surface area contributed by atoms with Gasteiger partial charge in [-0.1, -0.05) is 0 Å². The van der Waals surface area contributed by atoms with E-state index in [0.717, 1.165) is 0 Å². The number of methoxy groups -OCH3 is 2. The minimum atomic E-state index is -3.52. The standard InChI is InChI=1S/C21H27N3O5S.ClH/c1-28-18-5-3-17(4-6-18)21(25)22-11-12-23-13-15-24(16-14-23)30(26,27)20-9-7-19(29-2)8-10-20;/h3-10H,11-16H2,1-2H3,(H,22,25);1H. The van der Waals surface area contributed by atoms with Crippen LogP contribution in [0.15, 0.2) is 53.4 Å². The third-order valence-electron chi connectivity index (χ3n) is 5.09. The molecule has 1 saturated heterocycles. The normalized spacial score (nSPS) is 15.0. The fourth-order valence-corrected chi connectivity index (χ4v) is 4.68. The predicted molar refractivity (Wildman–Crippen MR) is 121 cm³/mol. The van der Waals surface area contributed by atoms with Crippen LogP contribution in [0.5, 0.6) is 11.5 Å². The molecule has 2 aromatic rings. The van der Waals surface area contributed by atoms with Crippen LogP contribution < -0.4 is 14.8 Å². The molecule has 1 heterocycles. The maximum atomic E-state index is 12.8. The van der Waals surface area contributed by atoms with E-state index >= 15 is 0 Å². The average molecular weight is 470 g/mol. The van der Waals surface area contributed by atoms with E-state index in [-0.39, 0.29) is 23.2 Å². The Bertz CT molecular complexity index is 944. The van der Waals surface area contributed by atoms with Crippen LogP contribution in [0.3, 0.4) is 0 Å². The Kier molecular flexibility index (Phi) is 9.12. The number of halogens is 1. The summed E-state index contributed by atoms with van der Waals surface area (Å²) in [4.78, 5) is 14.6. The minimum Gasteiger partial charge on any atom is -0.497 e. The second-order valence-electron chi connectivity index (χ2n) is 6.91. The number of nitrogens with one attached hydrogen (secondary N) is 1. The van der Waals surface area contributed by atoms with Gasteiger partial charge in [0.05, 0.1) is 19.1 Å². The molecule has 0 spiro atoms. The van der Waals surface area contributed by atoms with Crippen LogP contribution in [-0.2, 0) is 10.0 Å². The quantitative estimate of drug-likeness (QED) is 0.635. The number of nitrogens with zero attached hydrogens (tertiary/aromatic N) is 2. The molecule has 170 valence electrons. The first-order valence-corrected chi connectivity index (χ1v) is 11.2. The fourth-order valence-electron chi connectivity index (χ4n) is 3.26.